The van der Waals surface area contributed by atoms with Gasteiger partial charge in [-0.1, -0.05) is 6.92 Å². The van der Waals surface area contributed by atoms with Crippen LogP contribution in [0.3, 0.4) is 0 Å². The van der Waals surface area contributed by atoms with Crippen LogP contribution in [0.2, 0.25) is 0 Å². The van der Waals surface area contributed by atoms with Crippen LogP contribution in [0, 0.1) is 12.7 Å². The van der Waals surface area contributed by atoms with Gasteiger partial charge in [0.1, 0.15) is 11.6 Å². The lowest BCUT2D eigenvalue weighted by atomic mass is 10.0. The number of anilines is 2. The summed E-state index contributed by atoms with van der Waals surface area (Å²) in [5.41, 5.74) is 1.93. The van der Waals surface area contributed by atoms with Gasteiger partial charge in [-0.25, -0.2) is 4.39 Å². The van der Waals surface area contributed by atoms with Crippen molar-refractivity contribution in [3.05, 3.63) is 35.2 Å². The first kappa shape index (κ1) is 15.5. The van der Waals surface area contributed by atoms with E-state index in [0.29, 0.717) is 30.8 Å². The molecular weight excluding hydrogens is 297 g/mol. The highest BCUT2D eigenvalue weighted by atomic mass is 19.1. The van der Waals surface area contributed by atoms with Gasteiger partial charge in [0.25, 0.3) is 0 Å². The molecule has 0 bridgehead atoms. The van der Waals surface area contributed by atoms with E-state index in [-0.39, 0.29) is 11.7 Å². The van der Waals surface area contributed by atoms with Crippen LogP contribution in [0.4, 0.5) is 15.8 Å². The van der Waals surface area contributed by atoms with Gasteiger partial charge < -0.3 is 15.2 Å². The zero-order chi connectivity index (χ0) is 16.4. The second kappa shape index (κ2) is 6.36. The van der Waals surface area contributed by atoms with Crippen molar-refractivity contribution in [3.8, 4) is 0 Å². The van der Waals surface area contributed by atoms with Gasteiger partial charge in [-0.2, -0.15) is 0 Å². The standard InChI is InChI=1S/C16H20FN5O/c1-3-6-22-10(2)20-21-15(22)9-18-14-7-11-4-5-16(23)19-13(11)8-12(14)17/h7-8,18H,3-6,9H2,1-2H3,(H,19,23). The molecule has 7 heteroatoms. The Morgan fingerprint density at radius 2 is 2.17 bits per heavy atom. The highest BCUT2D eigenvalue weighted by molar-refractivity contribution is 5.94. The third-order valence-corrected chi connectivity index (χ3v) is 3.98. The van der Waals surface area contributed by atoms with Crippen molar-refractivity contribution in [1.82, 2.24) is 14.8 Å². The van der Waals surface area contributed by atoms with Crippen molar-refractivity contribution in [2.24, 2.45) is 0 Å². The number of aryl methyl sites for hydroxylation is 2. The van der Waals surface area contributed by atoms with Gasteiger partial charge in [-0.05, 0) is 37.5 Å². The molecule has 1 amide bonds. The number of hydrogen-bond acceptors (Lipinski definition) is 4. The third kappa shape index (κ3) is 3.18. The smallest absolute Gasteiger partial charge is 0.224 e. The van der Waals surface area contributed by atoms with E-state index in [1.54, 1.807) is 6.07 Å². The molecule has 2 heterocycles. The molecule has 0 saturated heterocycles. The first-order valence-electron chi connectivity index (χ1n) is 7.83. The molecule has 1 aromatic heterocycles. The van der Waals surface area contributed by atoms with Crippen molar-refractivity contribution >= 4 is 17.3 Å². The fraction of sp³-hybridized carbons (Fsp3) is 0.438. The SMILES string of the molecule is CCCn1c(C)nnc1CNc1cc2c(cc1F)NC(=O)CC2. The van der Waals surface area contributed by atoms with Crippen LogP contribution in [0.25, 0.3) is 0 Å². The average molecular weight is 317 g/mol. The maximum absolute atomic E-state index is 14.2. The molecule has 0 unspecified atom stereocenters. The number of benzene rings is 1. The van der Waals surface area contributed by atoms with Crippen LogP contribution >= 0.6 is 0 Å². The van der Waals surface area contributed by atoms with E-state index in [0.717, 1.165) is 30.2 Å². The molecule has 1 aliphatic heterocycles. The van der Waals surface area contributed by atoms with Crippen LogP contribution in [0.5, 0.6) is 0 Å². The van der Waals surface area contributed by atoms with Crippen LogP contribution in [-0.2, 0) is 24.3 Å². The molecule has 2 N–H and O–H groups in total. The summed E-state index contributed by atoms with van der Waals surface area (Å²) in [4.78, 5) is 11.4. The van der Waals surface area contributed by atoms with Gasteiger partial charge in [0, 0.05) is 18.7 Å². The first-order chi connectivity index (χ1) is 11.1. The Kier molecular flexibility index (Phi) is 4.27. The Morgan fingerprint density at radius 1 is 1.35 bits per heavy atom. The molecule has 6 nitrogen and oxygen atoms in total. The van der Waals surface area contributed by atoms with Crippen molar-refractivity contribution in [1.29, 1.82) is 0 Å². The molecule has 23 heavy (non-hydrogen) atoms. The minimum atomic E-state index is -0.385. The van der Waals surface area contributed by atoms with E-state index < -0.39 is 0 Å². The van der Waals surface area contributed by atoms with Crippen LogP contribution in [0.1, 0.15) is 37.0 Å². The van der Waals surface area contributed by atoms with Crippen LogP contribution in [0.15, 0.2) is 12.1 Å². The number of nitrogens with zero attached hydrogens (tertiary/aromatic N) is 3. The number of hydrogen-bond donors (Lipinski definition) is 2. The molecule has 0 fully saturated rings. The number of carbonyl (C=O) groups excluding carboxylic acids is 1. The Hall–Kier alpha value is -2.44. The Balaban J connectivity index is 1.77. The quantitative estimate of drug-likeness (QED) is 0.889. The lowest BCUT2D eigenvalue weighted by molar-refractivity contribution is -0.116. The van der Waals surface area contributed by atoms with Gasteiger partial charge in [0.2, 0.25) is 5.91 Å². The van der Waals surface area contributed by atoms with E-state index in [1.807, 2.05) is 11.5 Å². The van der Waals surface area contributed by atoms with Crippen molar-refractivity contribution in [3.63, 3.8) is 0 Å². The second-order valence-corrected chi connectivity index (χ2v) is 5.71. The normalized spacial score (nSPS) is 13.6. The van der Waals surface area contributed by atoms with E-state index in [9.17, 15) is 9.18 Å². The summed E-state index contributed by atoms with van der Waals surface area (Å²) in [5, 5.41) is 14.0. The molecule has 0 atom stereocenters. The first-order valence-corrected chi connectivity index (χ1v) is 7.83. The van der Waals surface area contributed by atoms with Crippen molar-refractivity contribution < 1.29 is 9.18 Å². The van der Waals surface area contributed by atoms with E-state index in [2.05, 4.69) is 27.8 Å². The zero-order valence-electron chi connectivity index (χ0n) is 13.3. The molecule has 122 valence electrons. The lowest BCUT2D eigenvalue weighted by Crippen LogP contribution is -2.19. The van der Waals surface area contributed by atoms with E-state index >= 15 is 0 Å². The molecule has 0 spiro atoms. The number of halogens is 1. The molecular formula is C16H20FN5O. The van der Waals surface area contributed by atoms with Crippen LogP contribution in [-0.4, -0.2) is 20.7 Å². The molecule has 1 aliphatic rings. The highest BCUT2D eigenvalue weighted by Crippen LogP contribution is 2.28. The third-order valence-electron chi connectivity index (χ3n) is 3.98. The maximum Gasteiger partial charge on any atom is 0.224 e. The summed E-state index contributed by atoms with van der Waals surface area (Å²) in [5.74, 6) is 1.19. The zero-order valence-corrected chi connectivity index (χ0v) is 13.3. The van der Waals surface area contributed by atoms with Gasteiger partial charge >= 0.3 is 0 Å². The van der Waals surface area contributed by atoms with E-state index in [4.69, 9.17) is 0 Å². The number of rotatable bonds is 5. The maximum atomic E-state index is 14.2. The highest BCUT2D eigenvalue weighted by Gasteiger charge is 2.18. The molecule has 0 aliphatic carbocycles. The average Bonchev–Trinajstić information content (AvgIpc) is 2.86. The van der Waals surface area contributed by atoms with Crippen molar-refractivity contribution in [2.75, 3.05) is 10.6 Å². The number of aromatic nitrogens is 3. The molecule has 2 aromatic rings. The number of carbonyl (C=O) groups is 1. The largest absolute Gasteiger partial charge is 0.375 e. The number of nitrogens with one attached hydrogen (secondary N) is 2. The Bertz CT molecular complexity index is 740. The lowest BCUT2D eigenvalue weighted by Gasteiger charge is -2.18. The summed E-state index contributed by atoms with van der Waals surface area (Å²) in [6.07, 6.45) is 2.04. The predicted octanol–water partition coefficient (Wildman–Crippen LogP) is 2.63. The summed E-state index contributed by atoms with van der Waals surface area (Å²) >= 11 is 0. The van der Waals surface area contributed by atoms with Gasteiger partial charge in [-0.3, -0.25) is 4.79 Å². The van der Waals surface area contributed by atoms with Gasteiger partial charge in [0.05, 0.1) is 12.2 Å². The fourth-order valence-corrected chi connectivity index (χ4v) is 2.78. The van der Waals surface area contributed by atoms with Gasteiger partial charge in [-0.15, -0.1) is 10.2 Å². The summed E-state index contributed by atoms with van der Waals surface area (Å²) < 4.78 is 16.2. The Morgan fingerprint density at radius 3 is 2.96 bits per heavy atom. The minimum absolute atomic E-state index is 0.0687. The monoisotopic (exact) mass is 317 g/mol. The summed E-state index contributed by atoms with van der Waals surface area (Å²) in [7, 11) is 0. The fourth-order valence-electron chi connectivity index (χ4n) is 2.78. The second-order valence-electron chi connectivity index (χ2n) is 5.71. The summed E-state index contributed by atoms with van der Waals surface area (Å²) in [6.45, 7) is 5.25. The van der Waals surface area contributed by atoms with Crippen LogP contribution < -0.4 is 10.6 Å². The van der Waals surface area contributed by atoms with E-state index in [1.165, 1.54) is 6.07 Å². The molecule has 0 saturated carbocycles. The molecule has 0 radical (unpaired) electrons. The topological polar surface area (TPSA) is 71.8 Å². The molecule has 3 rings (SSSR count). The van der Waals surface area contributed by atoms with Crippen molar-refractivity contribution in [2.45, 2.75) is 46.2 Å². The summed E-state index contributed by atoms with van der Waals surface area (Å²) in [6, 6.07) is 3.13. The number of fused-ring (bicyclic) bond motifs is 1. The number of amides is 1. The minimum Gasteiger partial charge on any atom is -0.375 e. The predicted molar refractivity (Wildman–Crippen MR) is 85.7 cm³/mol. The Labute approximate surface area is 134 Å². The molecule has 1 aromatic carbocycles. The van der Waals surface area contributed by atoms with Gasteiger partial charge in [0.15, 0.2) is 5.82 Å².